The van der Waals surface area contributed by atoms with Gasteiger partial charge in [-0.25, -0.2) is 4.79 Å². The van der Waals surface area contributed by atoms with Gasteiger partial charge in [-0.2, -0.15) is 4.98 Å². The molecule has 9 nitrogen and oxygen atoms in total. The van der Waals surface area contributed by atoms with Crippen LogP contribution in [0.4, 0.5) is 19.0 Å². The number of halogens is 3. The largest absolute Gasteiger partial charge is 0.525 e. The molecule has 1 aliphatic heterocycles. The molecule has 2 heterocycles. The van der Waals surface area contributed by atoms with E-state index in [9.17, 15) is 28.2 Å². The van der Waals surface area contributed by atoms with Crippen molar-refractivity contribution in [3.63, 3.8) is 0 Å². The van der Waals surface area contributed by atoms with E-state index in [2.05, 4.69) is 9.72 Å². The maximum absolute atomic E-state index is 12.6. The van der Waals surface area contributed by atoms with E-state index >= 15 is 0 Å². The number of rotatable bonds is 3. The zero-order valence-corrected chi connectivity index (χ0v) is 11.7. The first-order chi connectivity index (χ1) is 10.5. The van der Waals surface area contributed by atoms with Crippen LogP contribution in [0.2, 0.25) is 0 Å². The van der Waals surface area contributed by atoms with Gasteiger partial charge in [0, 0.05) is 11.8 Å². The summed E-state index contributed by atoms with van der Waals surface area (Å²) in [5, 5.41) is 29.0. The van der Waals surface area contributed by atoms with E-state index < -0.39 is 42.9 Å². The molecule has 1 saturated heterocycles. The van der Waals surface area contributed by atoms with E-state index in [-0.39, 0.29) is 11.4 Å². The molecule has 5 N–H and O–H groups in total. The molecule has 0 saturated carbocycles. The van der Waals surface area contributed by atoms with Crippen molar-refractivity contribution in [1.29, 1.82) is 0 Å². The third kappa shape index (κ3) is 3.16. The summed E-state index contributed by atoms with van der Waals surface area (Å²) in [6.45, 7) is 0.494. The van der Waals surface area contributed by atoms with Crippen LogP contribution in [0.25, 0.3) is 0 Å². The normalized spacial score (nSPS) is 31.5. The summed E-state index contributed by atoms with van der Waals surface area (Å²) in [5.74, 6) is -3.52. The quantitative estimate of drug-likeness (QED) is 0.493. The SMILES string of the molecule is Cc1cn([C@@H]2O[C@H](CO)[C@@H](O)[C@]2(O)OC(F)(F)F)c(=O)nc1N. The third-order valence-electron chi connectivity index (χ3n) is 3.32. The maximum atomic E-state index is 12.6. The summed E-state index contributed by atoms with van der Waals surface area (Å²) in [5.41, 5.74) is 4.49. The van der Waals surface area contributed by atoms with Gasteiger partial charge in [-0.3, -0.25) is 9.30 Å². The molecule has 2 rings (SSSR count). The van der Waals surface area contributed by atoms with E-state index in [0.717, 1.165) is 6.20 Å². The van der Waals surface area contributed by atoms with E-state index in [0.29, 0.717) is 4.57 Å². The summed E-state index contributed by atoms with van der Waals surface area (Å²) in [4.78, 5) is 15.2. The summed E-state index contributed by atoms with van der Waals surface area (Å²) < 4.78 is 46.7. The van der Waals surface area contributed by atoms with Crippen molar-refractivity contribution in [2.45, 2.75) is 37.5 Å². The molecule has 0 amide bonds. The van der Waals surface area contributed by atoms with E-state index in [4.69, 9.17) is 15.6 Å². The van der Waals surface area contributed by atoms with Crippen LogP contribution < -0.4 is 11.4 Å². The number of nitrogen functional groups attached to an aromatic ring is 1. The number of nitrogens with two attached hydrogens (primary N) is 1. The van der Waals surface area contributed by atoms with E-state index in [1.807, 2.05) is 0 Å². The van der Waals surface area contributed by atoms with Gasteiger partial charge in [0.15, 0.2) is 6.23 Å². The van der Waals surface area contributed by atoms with Gasteiger partial charge in [-0.1, -0.05) is 0 Å². The predicted molar refractivity (Wildman–Crippen MR) is 66.7 cm³/mol. The molecule has 0 bridgehead atoms. The highest BCUT2D eigenvalue weighted by atomic mass is 19.4. The average Bonchev–Trinajstić information content (AvgIpc) is 2.64. The Morgan fingerprint density at radius 1 is 1.57 bits per heavy atom. The summed E-state index contributed by atoms with van der Waals surface area (Å²) >= 11 is 0. The Labute approximate surface area is 126 Å². The number of ether oxygens (including phenoxy) is 2. The van der Waals surface area contributed by atoms with Crippen LogP contribution in [0.5, 0.6) is 0 Å². The third-order valence-corrected chi connectivity index (χ3v) is 3.32. The number of alkyl halides is 3. The first kappa shape index (κ1) is 17.6. The first-order valence-corrected chi connectivity index (χ1v) is 6.28. The topological polar surface area (TPSA) is 140 Å². The van der Waals surface area contributed by atoms with Crippen LogP contribution >= 0.6 is 0 Å². The van der Waals surface area contributed by atoms with Gasteiger partial charge in [0.25, 0.3) is 0 Å². The van der Waals surface area contributed by atoms with Gasteiger partial charge in [0.05, 0.1) is 6.61 Å². The minimum atomic E-state index is -5.35. The number of nitrogens with zero attached hydrogens (tertiary/aromatic N) is 2. The Morgan fingerprint density at radius 3 is 2.70 bits per heavy atom. The first-order valence-electron chi connectivity index (χ1n) is 6.28. The molecule has 4 atom stereocenters. The highest BCUT2D eigenvalue weighted by Gasteiger charge is 2.62. The van der Waals surface area contributed by atoms with Gasteiger partial charge in [0.2, 0.25) is 5.79 Å². The van der Waals surface area contributed by atoms with Crippen molar-refractivity contribution in [2.24, 2.45) is 0 Å². The molecule has 0 radical (unpaired) electrons. The Morgan fingerprint density at radius 2 is 2.17 bits per heavy atom. The van der Waals surface area contributed by atoms with Gasteiger partial charge in [-0.05, 0) is 6.92 Å². The van der Waals surface area contributed by atoms with Crippen LogP contribution in [0.1, 0.15) is 11.8 Å². The zero-order chi connectivity index (χ0) is 17.6. The van der Waals surface area contributed by atoms with Gasteiger partial charge >= 0.3 is 12.1 Å². The van der Waals surface area contributed by atoms with Crippen LogP contribution in [-0.4, -0.2) is 55.8 Å². The number of aliphatic hydroxyl groups is 3. The molecule has 1 fully saturated rings. The second-order valence-electron chi connectivity index (χ2n) is 4.95. The smallest absolute Gasteiger partial charge is 0.394 e. The Hall–Kier alpha value is -1.73. The minimum absolute atomic E-state index is 0.163. The molecule has 0 aliphatic carbocycles. The molecular weight excluding hydrogens is 327 g/mol. The minimum Gasteiger partial charge on any atom is -0.394 e. The molecule has 0 aromatic carbocycles. The number of anilines is 1. The van der Waals surface area contributed by atoms with Crippen molar-refractivity contribution < 1.29 is 38.0 Å². The number of aryl methyl sites for hydroxylation is 1. The Kier molecular flexibility index (Phi) is 4.38. The van der Waals surface area contributed by atoms with Gasteiger partial charge < -0.3 is 25.8 Å². The molecule has 1 aromatic heterocycles. The second-order valence-corrected chi connectivity index (χ2v) is 4.95. The van der Waals surface area contributed by atoms with Crippen molar-refractivity contribution in [3.8, 4) is 0 Å². The Bertz CT molecular complexity index is 651. The number of hydrogen-bond donors (Lipinski definition) is 4. The van der Waals surface area contributed by atoms with Crippen molar-refractivity contribution in [3.05, 3.63) is 22.2 Å². The highest BCUT2D eigenvalue weighted by Crippen LogP contribution is 2.42. The summed E-state index contributed by atoms with van der Waals surface area (Å²) in [6.07, 6.45) is -10.3. The van der Waals surface area contributed by atoms with E-state index in [1.54, 1.807) is 0 Å². The van der Waals surface area contributed by atoms with Crippen LogP contribution in [0, 0.1) is 6.92 Å². The lowest BCUT2D eigenvalue weighted by molar-refractivity contribution is -0.433. The lowest BCUT2D eigenvalue weighted by atomic mass is 10.1. The lowest BCUT2D eigenvalue weighted by Crippen LogP contribution is -2.53. The molecule has 1 aromatic rings. The van der Waals surface area contributed by atoms with Crippen LogP contribution in [-0.2, 0) is 9.47 Å². The summed E-state index contributed by atoms with van der Waals surface area (Å²) in [6, 6.07) is 0. The predicted octanol–water partition coefficient (Wildman–Crippen LogP) is -1.39. The fourth-order valence-corrected chi connectivity index (χ4v) is 2.20. The van der Waals surface area contributed by atoms with Gasteiger partial charge in [0.1, 0.15) is 18.0 Å². The fraction of sp³-hybridized carbons (Fsp3) is 0.636. The second kappa shape index (κ2) is 5.72. The fourth-order valence-electron chi connectivity index (χ4n) is 2.20. The number of aromatic nitrogens is 2. The van der Waals surface area contributed by atoms with Crippen molar-refractivity contribution in [1.82, 2.24) is 9.55 Å². The zero-order valence-electron chi connectivity index (χ0n) is 11.7. The average molecular weight is 341 g/mol. The number of hydrogen-bond acceptors (Lipinski definition) is 8. The standard InChI is InChI=1S/C11H14F3N3O6/c1-4-2-17(9(20)16-7(4)15)8-10(21,23-11(12,13)14)6(19)5(3-18)22-8/h2,5-6,8,18-19,21H,3H2,1H3,(H2,15,16,20)/t5-,6-,8-,10+/m1/s1. The molecule has 1 aliphatic rings. The Balaban J connectivity index is 2.54. The van der Waals surface area contributed by atoms with Crippen molar-refractivity contribution >= 4 is 5.82 Å². The maximum Gasteiger partial charge on any atom is 0.525 e. The molecule has 12 heteroatoms. The van der Waals surface area contributed by atoms with Crippen LogP contribution in [0.15, 0.2) is 11.0 Å². The lowest BCUT2D eigenvalue weighted by Gasteiger charge is -2.31. The highest BCUT2D eigenvalue weighted by molar-refractivity contribution is 5.35. The molecule has 130 valence electrons. The molecule has 0 spiro atoms. The number of aliphatic hydroxyl groups excluding tert-OH is 2. The molecular formula is C11H14F3N3O6. The van der Waals surface area contributed by atoms with E-state index in [1.165, 1.54) is 6.92 Å². The molecule has 0 unspecified atom stereocenters. The molecule has 23 heavy (non-hydrogen) atoms. The monoisotopic (exact) mass is 341 g/mol. The van der Waals surface area contributed by atoms with Crippen molar-refractivity contribution in [2.75, 3.05) is 12.3 Å². The van der Waals surface area contributed by atoms with Crippen LogP contribution in [0.3, 0.4) is 0 Å². The van der Waals surface area contributed by atoms with Gasteiger partial charge in [-0.15, -0.1) is 13.2 Å². The summed E-state index contributed by atoms with van der Waals surface area (Å²) in [7, 11) is 0.